The molecule has 6 nitrogen and oxygen atoms in total. The van der Waals surface area contributed by atoms with Gasteiger partial charge in [0.15, 0.2) is 0 Å². The van der Waals surface area contributed by atoms with E-state index >= 15 is 0 Å². The standard InChI is InChI=1S/C21H28N2O4/c1-15-6-8-17(9-7-15)27-13-12-23(3)21(24)22-16(2)19-14-18(25-4)10-11-20(19)26-5/h6-11,14,16H,12-13H2,1-5H3,(H,22,24). The van der Waals surface area contributed by atoms with E-state index in [4.69, 9.17) is 14.2 Å². The highest BCUT2D eigenvalue weighted by atomic mass is 16.5. The zero-order valence-corrected chi connectivity index (χ0v) is 16.6. The number of amides is 2. The van der Waals surface area contributed by atoms with Crippen LogP contribution in [0.1, 0.15) is 24.1 Å². The van der Waals surface area contributed by atoms with Gasteiger partial charge in [0, 0.05) is 12.6 Å². The lowest BCUT2D eigenvalue weighted by atomic mass is 10.1. The number of nitrogens with zero attached hydrogens (tertiary/aromatic N) is 1. The number of nitrogens with one attached hydrogen (secondary N) is 1. The second-order valence-corrected chi connectivity index (χ2v) is 6.36. The number of hydrogen-bond acceptors (Lipinski definition) is 4. The Labute approximate surface area is 161 Å². The Kier molecular flexibility index (Phi) is 7.34. The van der Waals surface area contributed by atoms with Gasteiger partial charge in [0.25, 0.3) is 0 Å². The minimum atomic E-state index is -0.233. The molecule has 0 aliphatic carbocycles. The highest BCUT2D eigenvalue weighted by Gasteiger charge is 2.17. The third-order valence-corrected chi connectivity index (χ3v) is 4.31. The first-order valence-corrected chi connectivity index (χ1v) is 8.87. The van der Waals surface area contributed by atoms with Crippen LogP contribution < -0.4 is 19.5 Å². The monoisotopic (exact) mass is 372 g/mol. The van der Waals surface area contributed by atoms with Crippen LogP contribution in [0.25, 0.3) is 0 Å². The van der Waals surface area contributed by atoms with E-state index in [1.54, 1.807) is 26.2 Å². The highest BCUT2D eigenvalue weighted by molar-refractivity contribution is 5.74. The van der Waals surface area contributed by atoms with E-state index in [1.165, 1.54) is 5.56 Å². The van der Waals surface area contributed by atoms with Crippen LogP contribution in [-0.4, -0.2) is 45.3 Å². The molecule has 2 rings (SSSR count). The zero-order valence-electron chi connectivity index (χ0n) is 16.6. The van der Waals surface area contributed by atoms with E-state index in [0.29, 0.717) is 24.7 Å². The van der Waals surface area contributed by atoms with E-state index in [2.05, 4.69) is 5.32 Å². The molecule has 0 aromatic heterocycles. The molecular weight excluding hydrogens is 344 g/mol. The van der Waals surface area contributed by atoms with Crippen LogP contribution in [0, 0.1) is 6.92 Å². The van der Waals surface area contributed by atoms with Crippen LogP contribution in [0.2, 0.25) is 0 Å². The number of urea groups is 1. The molecule has 146 valence electrons. The number of likely N-dealkylation sites (N-methyl/N-ethyl adjacent to an activating group) is 1. The number of benzene rings is 2. The van der Waals surface area contributed by atoms with Crippen LogP contribution in [0.5, 0.6) is 17.2 Å². The molecule has 1 N–H and O–H groups in total. The first kappa shape index (κ1) is 20.4. The van der Waals surface area contributed by atoms with Crippen molar-refractivity contribution in [1.82, 2.24) is 10.2 Å². The molecule has 0 saturated carbocycles. The molecule has 2 aromatic carbocycles. The lowest BCUT2D eigenvalue weighted by molar-refractivity contribution is 0.192. The van der Waals surface area contributed by atoms with E-state index in [-0.39, 0.29) is 12.1 Å². The van der Waals surface area contributed by atoms with Crippen molar-refractivity contribution in [1.29, 1.82) is 0 Å². The zero-order chi connectivity index (χ0) is 19.8. The summed E-state index contributed by atoms with van der Waals surface area (Å²) in [5.74, 6) is 2.21. The van der Waals surface area contributed by atoms with Crippen LogP contribution >= 0.6 is 0 Å². The van der Waals surface area contributed by atoms with Gasteiger partial charge in [-0.2, -0.15) is 0 Å². The molecule has 0 radical (unpaired) electrons. The molecule has 6 heteroatoms. The van der Waals surface area contributed by atoms with E-state index in [0.717, 1.165) is 11.3 Å². The van der Waals surface area contributed by atoms with Crippen molar-refractivity contribution in [3.8, 4) is 17.2 Å². The number of hydrogen-bond donors (Lipinski definition) is 1. The number of aryl methyl sites for hydroxylation is 1. The first-order valence-electron chi connectivity index (χ1n) is 8.87. The van der Waals surface area contributed by atoms with Crippen molar-refractivity contribution >= 4 is 6.03 Å². The second kappa shape index (κ2) is 9.71. The molecule has 2 aromatic rings. The molecule has 1 atom stereocenters. The normalized spacial score (nSPS) is 11.4. The van der Waals surface area contributed by atoms with Crippen molar-refractivity contribution < 1.29 is 19.0 Å². The molecule has 0 bridgehead atoms. The molecule has 0 aliphatic rings. The molecule has 0 heterocycles. The van der Waals surface area contributed by atoms with Gasteiger partial charge in [0.1, 0.15) is 23.9 Å². The average Bonchev–Trinajstić information content (AvgIpc) is 2.68. The smallest absolute Gasteiger partial charge is 0.317 e. The number of methoxy groups -OCH3 is 2. The Balaban J connectivity index is 1.88. The van der Waals surface area contributed by atoms with Crippen molar-refractivity contribution in [3.63, 3.8) is 0 Å². The maximum Gasteiger partial charge on any atom is 0.317 e. The fourth-order valence-electron chi connectivity index (χ4n) is 2.59. The third kappa shape index (κ3) is 5.81. The Morgan fingerprint density at radius 3 is 2.37 bits per heavy atom. The van der Waals surface area contributed by atoms with Crippen LogP contribution in [-0.2, 0) is 0 Å². The fraction of sp³-hybridized carbons (Fsp3) is 0.381. The summed E-state index contributed by atoms with van der Waals surface area (Å²) in [7, 11) is 4.95. The van der Waals surface area contributed by atoms with Gasteiger partial charge in [-0.05, 0) is 44.2 Å². The van der Waals surface area contributed by atoms with Crippen molar-refractivity contribution in [3.05, 3.63) is 53.6 Å². The Morgan fingerprint density at radius 2 is 1.74 bits per heavy atom. The lowest BCUT2D eigenvalue weighted by Gasteiger charge is -2.23. The molecule has 27 heavy (non-hydrogen) atoms. The Hall–Kier alpha value is -2.89. The lowest BCUT2D eigenvalue weighted by Crippen LogP contribution is -2.40. The summed E-state index contributed by atoms with van der Waals surface area (Å²) in [6, 6.07) is 12.9. The first-order chi connectivity index (χ1) is 12.9. The predicted octanol–water partition coefficient (Wildman–Crippen LogP) is 3.79. The van der Waals surface area contributed by atoms with Crippen molar-refractivity contribution in [2.24, 2.45) is 0 Å². The molecule has 0 aliphatic heterocycles. The summed E-state index contributed by atoms with van der Waals surface area (Å²) in [6.07, 6.45) is 0. The summed E-state index contributed by atoms with van der Waals surface area (Å²) in [4.78, 5) is 14.0. The number of ether oxygens (including phenoxy) is 3. The summed E-state index contributed by atoms with van der Waals surface area (Å²) >= 11 is 0. The van der Waals surface area contributed by atoms with Gasteiger partial charge in [-0.1, -0.05) is 17.7 Å². The SMILES string of the molecule is COc1ccc(OC)c(C(C)NC(=O)N(C)CCOc2ccc(C)cc2)c1. The molecule has 0 saturated heterocycles. The molecule has 0 fully saturated rings. The van der Waals surface area contributed by atoms with E-state index < -0.39 is 0 Å². The van der Waals surface area contributed by atoms with Gasteiger partial charge < -0.3 is 24.4 Å². The highest BCUT2D eigenvalue weighted by Crippen LogP contribution is 2.29. The summed E-state index contributed by atoms with van der Waals surface area (Å²) < 4.78 is 16.3. The van der Waals surface area contributed by atoms with Crippen LogP contribution in [0.3, 0.4) is 0 Å². The second-order valence-electron chi connectivity index (χ2n) is 6.36. The van der Waals surface area contributed by atoms with Gasteiger partial charge in [-0.3, -0.25) is 0 Å². The van der Waals surface area contributed by atoms with E-state index in [9.17, 15) is 4.79 Å². The van der Waals surface area contributed by atoms with Gasteiger partial charge in [-0.25, -0.2) is 4.79 Å². The Bertz CT molecular complexity index is 746. The molecule has 2 amide bonds. The van der Waals surface area contributed by atoms with Gasteiger partial charge in [0.2, 0.25) is 0 Å². The average molecular weight is 372 g/mol. The number of carbonyl (C=O) groups excluding carboxylic acids is 1. The Morgan fingerprint density at radius 1 is 1.07 bits per heavy atom. The third-order valence-electron chi connectivity index (χ3n) is 4.31. The number of rotatable bonds is 8. The van der Waals surface area contributed by atoms with Crippen molar-refractivity contribution in [2.45, 2.75) is 19.9 Å². The van der Waals surface area contributed by atoms with Gasteiger partial charge in [0.05, 0.1) is 26.8 Å². The van der Waals surface area contributed by atoms with E-state index in [1.807, 2.05) is 56.3 Å². The summed E-state index contributed by atoms with van der Waals surface area (Å²) in [5, 5.41) is 2.97. The predicted molar refractivity (Wildman–Crippen MR) is 106 cm³/mol. The van der Waals surface area contributed by atoms with Gasteiger partial charge in [-0.15, -0.1) is 0 Å². The molecule has 1 unspecified atom stereocenters. The maximum atomic E-state index is 12.5. The molecular formula is C21H28N2O4. The van der Waals surface area contributed by atoms with Crippen LogP contribution in [0.4, 0.5) is 4.79 Å². The van der Waals surface area contributed by atoms with Crippen molar-refractivity contribution in [2.75, 3.05) is 34.4 Å². The number of carbonyl (C=O) groups is 1. The largest absolute Gasteiger partial charge is 0.497 e. The topological polar surface area (TPSA) is 60.0 Å². The minimum Gasteiger partial charge on any atom is -0.497 e. The quantitative estimate of drug-likeness (QED) is 0.766. The summed E-state index contributed by atoms with van der Waals surface area (Å²) in [5.41, 5.74) is 2.04. The molecule has 0 spiro atoms. The van der Waals surface area contributed by atoms with Gasteiger partial charge >= 0.3 is 6.03 Å². The maximum absolute atomic E-state index is 12.5. The van der Waals surface area contributed by atoms with Crippen LogP contribution in [0.15, 0.2) is 42.5 Å². The summed E-state index contributed by atoms with van der Waals surface area (Å²) in [6.45, 7) is 4.83. The minimum absolute atomic E-state index is 0.181. The fourth-order valence-corrected chi connectivity index (χ4v) is 2.59.